The first-order chi connectivity index (χ1) is 6.52. The van der Waals surface area contributed by atoms with Gasteiger partial charge in [-0.15, -0.1) is 0 Å². The third-order valence-electron chi connectivity index (χ3n) is 3.54. The van der Waals surface area contributed by atoms with E-state index < -0.39 is 15.6 Å². The Labute approximate surface area is 84.0 Å². The van der Waals surface area contributed by atoms with Crippen LogP contribution in [0.4, 0.5) is 0 Å². The quantitative estimate of drug-likeness (QED) is 0.720. The van der Waals surface area contributed by atoms with Gasteiger partial charge in [0.25, 0.3) is 0 Å². The molecule has 0 unspecified atom stereocenters. The SMILES string of the molecule is O=S(=O)(C1CC1)N1CC(O)(C2CC2)C1. The van der Waals surface area contributed by atoms with E-state index >= 15 is 0 Å². The highest BCUT2D eigenvalue weighted by Crippen LogP contribution is 2.46. The second-order valence-electron chi connectivity index (χ2n) is 4.89. The number of rotatable bonds is 3. The Balaban J connectivity index is 1.68. The lowest BCUT2D eigenvalue weighted by Crippen LogP contribution is -2.65. The minimum absolute atomic E-state index is 0.133. The first-order valence-corrected chi connectivity index (χ1v) is 6.74. The van der Waals surface area contributed by atoms with E-state index in [0.717, 1.165) is 25.7 Å². The summed E-state index contributed by atoms with van der Waals surface area (Å²) in [6.07, 6.45) is 3.74. The molecule has 80 valence electrons. The van der Waals surface area contributed by atoms with Crippen LogP contribution in [0.15, 0.2) is 0 Å². The molecule has 1 aliphatic heterocycles. The summed E-state index contributed by atoms with van der Waals surface area (Å²) in [5, 5.41) is 9.85. The zero-order chi connectivity index (χ0) is 9.97. The number of aliphatic hydroxyl groups is 1. The van der Waals surface area contributed by atoms with E-state index in [0.29, 0.717) is 19.0 Å². The van der Waals surface area contributed by atoms with Gasteiger partial charge in [-0.3, -0.25) is 0 Å². The Bertz CT molecular complexity index is 350. The summed E-state index contributed by atoms with van der Waals surface area (Å²) in [4.78, 5) is 0. The van der Waals surface area contributed by atoms with Crippen molar-refractivity contribution in [2.75, 3.05) is 13.1 Å². The summed E-state index contributed by atoms with van der Waals surface area (Å²) < 4.78 is 24.9. The molecule has 3 aliphatic rings. The van der Waals surface area contributed by atoms with E-state index in [-0.39, 0.29) is 5.25 Å². The molecule has 3 fully saturated rings. The van der Waals surface area contributed by atoms with Gasteiger partial charge in [0.15, 0.2) is 0 Å². The normalized spacial score (nSPS) is 32.6. The molecule has 0 radical (unpaired) electrons. The van der Waals surface area contributed by atoms with Crippen molar-refractivity contribution in [3.63, 3.8) is 0 Å². The molecular formula is C9H15NO3S. The van der Waals surface area contributed by atoms with Crippen molar-refractivity contribution < 1.29 is 13.5 Å². The number of β-amino-alcohol motifs (C(OH)–C–C–N with tert-alkyl or cyclic N) is 1. The molecule has 14 heavy (non-hydrogen) atoms. The Morgan fingerprint density at radius 3 is 2.14 bits per heavy atom. The standard InChI is InChI=1S/C9H15NO3S/c11-9(7-1-2-7)5-10(6-9)14(12,13)8-3-4-8/h7-8,11H,1-6H2. The molecule has 1 saturated heterocycles. The summed E-state index contributed by atoms with van der Waals surface area (Å²) in [6, 6.07) is 0. The van der Waals surface area contributed by atoms with E-state index in [1.165, 1.54) is 4.31 Å². The predicted octanol–water partition coefficient (Wildman–Crippen LogP) is -0.0647. The molecule has 0 bridgehead atoms. The highest BCUT2D eigenvalue weighted by Gasteiger charge is 2.57. The fourth-order valence-electron chi connectivity index (χ4n) is 2.20. The van der Waals surface area contributed by atoms with Gasteiger partial charge in [-0.1, -0.05) is 0 Å². The van der Waals surface area contributed by atoms with Crippen molar-refractivity contribution in [3.05, 3.63) is 0 Å². The molecule has 1 heterocycles. The summed E-state index contributed by atoms with van der Waals surface area (Å²) in [5.41, 5.74) is -0.679. The molecule has 3 rings (SSSR count). The Hall–Kier alpha value is -0.130. The number of hydrogen-bond donors (Lipinski definition) is 1. The van der Waals surface area contributed by atoms with Crippen LogP contribution < -0.4 is 0 Å². The van der Waals surface area contributed by atoms with E-state index in [4.69, 9.17) is 0 Å². The first kappa shape index (κ1) is 9.12. The second-order valence-corrected chi connectivity index (χ2v) is 7.10. The molecule has 2 saturated carbocycles. The third kappa shape index (κ3) is 1.22. The average Bonchev–Trinajstić information content (AvgIpc) is 2.83. The minimum atomic E-state index is -3.03. The van der Waals surface area contributed by atoms with E-state index in [9.17, 15) is 13.5 Å². The van der Waals surface area contributed by atoms with Crippen molar-refractivity contribution in [3.8, 4) is 0 Å². The van der Waals surface area contributed by atoms with Crippen LogP contribution in [-0.4, -0.2) is 41.8 Å². The largest absolute Gasteiger partial charge is 0.387 e. The van der Waals surface area contributed by atoms with Crippen LogP contribution in [0.25, 0.3) is 0 Å². The number of nitrogens with zero attached hydrogens (tertiary/aromatic N) is 1. The van der Waals surface area contributed by atoms with Crippen LogP contribution in [0, 0.1) is 5.92 Å². The Kier molecular flexibility index (Phi) is 1.64. The molecule has 0 aromatic heterocycles. The maximum absolute atomic E-state index is 11.7. The third-order valence-corrected chi connectivity index (χ3v) is 5.83. The molecule has 5 heteroatoms. The van der Waals surface area contributed by atoms with Crippen LogP contribution in [0.1, 0.15) is 25.7 Å². The van der Waals surface area contributed by atoms with Gasteiger partial charge < -0.3 is 5.11 Å². The van der Waals surface area contributed by atoms with Gasteiger partial charge in [0.05, 0.1) is 10.9 Å². The molecule has 0 spiro atoms. The molecule has 0 aromatic carbocycles. The van der Waals surface area contributed by atoms with E-state index in [2.05, 4.69) is 0 Å². The van der Waals surface area contributed by atoms with Crippen LogP contribution in [-0.2, 0) is 10.0 Å². The van der Waals surface area contributed by atoms with E-state index in [1.54, 1.807) is 0 Å². The summed E-state index contributed by atoms with van der Waals surface area (Å²) in [5.74, 6) is 0.369. The molecule has 1 N–H and O–H groups in total. The van der Waals surface area contributed by atoms with Gasteiger partial charge >= 0.3 is 0 Å². The summed E-state index contributed by atoms with van der Waals surface area (Å²) >= 11 is 0. The lowest BCUT2D eigenvalue weighted by molar-refractivity contribution is -0.0765. The Morgan fingerprint density at radius 1 is 1.14 bits per heavy atom. The second kappa shape index (κ2) is 2.51. The summed E-state index contributed by atoms with van der Waals surface area (Å²) in [6.45, 7) is 0.688. The van der Waals surface area contributed by atoms with Gasteiger partial charge in [-0.05, 0) is 31.6 Å². The van der Waals surface area contributed by atoms with Gasteiger partial charge in [0, 0.05) is 13.1 Å². The van der Waals surface area contributed by atoms with Crippen molar-refractivity contribution in [2.24, 2.45) is 5.92 Å². The zero-order valence-corrected chi connectivity index (χ0v) is 8.83. The van der Waals surface area contributed by atoms with E-state index in [1.807, 2.05) is 0 Å². The fraction of sp³-hybridized carbons (Fsp3) is 1.00. The monoisotopic (exact) mass is 217 g/mol. The highest BCUT2D eigenvalue weighted by atomic mass is 32.2. The predicted molar refractivity (Wildman–Crippen MR) is 51.2 cm³/mol. The molecule has 0 amide bonds. The smallest absolute Gasteiger partial charge is 0.217 e. The van der Waals surface area contributed by atoms with Crippen LogP contribution in [0.3, 0.4) is 0 Å². The van der Waals surface area contributed by atoms with Gasteiger partial charge in [-0.25, -0.2) is 8.42 Å². The van der Waals surface area contributed by atoms with Crippen molar-refractivity contribution >= 4 is 10.0 Å². The van der Waals surface area contributed by atoms with Gasteiger partial charge in [0.1, 0.15) is 0 Å². The maximum atomic E-state index is 11.7. The fourth-order valence-corrected chi connectivity index (χ4v) is 4.16. The molecule has 0 aromatic rings. The molecular weight excluding hydrogens is 202 g/mol. The lowest BCUT2D eigenvalue weighted by Gasteiger charge is -2.45. The van der Waals surface area contributed by atoms with Crippen molar-refractivity contribution in [1.29, 1.82) is 0 Å². The van der Waals surface area contributed by atoms with Crippen LogP contribution in [0.5, 0.6) is 0 Å². The average molecular weight is 217 g/mol. The lowest BCUT2D eigenvalue weighted by atomic mass is 9.91. The molecule has 4 nitrogen and oxygen atoms in total. The number of hydrogen-bond acceptors (Lipinski definition) is 3. The van der Waals surface area contributed by atoms with Crippen LogP contribution >= 0.6 is 0 Å². The number of sulfonamides is 1. The first-order valence-electron chi connectivity index (χ1n) is 5.24. The van der Waals surface area contributed by atoms with Crippen LogP contribution in [0.2, 0.25) is 0 Å². The topological polar surface area (TPSA) is 57.6 Å². The maximum Gasteiger partial charge on any atom is 0.217 e. The molecule has 2 aliphatic carbocycles. The van der Waals surface area contributed by atoms with Gasteiger partial charge in [-0.2, -0.15) is 4.31 Å². The van der Waals surface area contributed by atoms with Gasteiger partial charge in [0.2, 0.25) is 10.0 Å². The zero-order valence-electron chi connectivity index (χ0n) is 8.02. The van der Waals surface area contributed by atoms with Crippen molar-refractivity contribution in [1.82, 2.24) is 4.31 Å². The highest BCUT2D eigenvalue weighted by molar-refractivity contribution is 7.90. The Morgan fingerprint density at radius 2 is 1.71 bits per heavy atom. The van der Waals surface area contributed by atoms with Crippen molar-refractivity contribution in [2.45, 2.75) is 36.5 Å². The molecule has 0 atom stereocenters. The summed E-state index contributed by atoms with van der Waals surface area (Å²) in [7, 11) is -3.03. The minimum Gasteiger partial charge on any atom is -0.387 e.